The molecule has 2 rings (SSSR count). The van der Waals surface area contributed by atoms with Crippen molar-refractivity contribution in [2.24, 2.45) is 0 Å². The molecule has 0 saturated heterocycles. The van der Waals surface area contributed by atoms with Crippen LogP contribution in [0.5, 0.6) is 0 Å². The number of aromatic nitrogens is 1. The second-order valence-electron chi connectivity index (χ2n) is 3.26. The summed E-state index contributed by atoms with van der Waals surface area (Å²) in [6.07, 6.45) is 0. The average molecular weight is 308 g/mol. The van der Waals surface area contributed by atoms with E-state index in [1.165, 1.54) is 12.1 Å². The molecule has 0 aliphatic carbocycles. The van der Waals surface area contributed by atoms with Gasteiger partial charge in [-0.05, 0) is 23.7 Å². The van der Waals surface area contributed by atoms with Crippen LogP contribution in [-0.4, -0.2) is 16.1 Å². The Morgan fingerprint density at radius 2 is 1.94 bits per heavy atom. The first kappa shape index (κ1) is 13.0. The molecular weight excluding hydrogens is 302 g/mol. The Morgan fingerprint density at radius 1 is 1.28 bits per heavy atom. The maximum absolute atomic E-state index is 11.0. The summed E-state index contributed by atoms with van der Waals surface area (Å²) >= 11 is 17.3. The van der Waals surface area contributed by atoms with Crippen molar-refractivity contribution in [3.8, 4) is 11.5 Å². The number of pyridine rings is 1. The molecule has 2 aromatic rings. The minimum atomic E-state index is -1.32. The summed E-state index contributed by atoms with van der Waals surface area (Å²) in [6.45, 7) is 0. The van der Waals surface area contributed by atoms with Crippen LogP contribution < -0.4 is 5.73 Å². The van der Waals surface area contributed by atoms with Gasteiger partial charge in [0.15, 0.2) is 16.7 Å². The standard InChI is InChI=1S/C10H5Cl3N2O3/c11-4-2-1-3(18-4)8-5(12)7(14)6(13)9(15-8)10(16)17/h1-2H,(H2,14,15)(H,16,17). The fourth-order valence-electron chi connectivity index (χ4n) is 1.31. The minimum absolute atomic E-state index is 0.0102. The zero-order chi connectivity index (χ0) is 13.4. The maximum atomic E-state index is 11.0. The van der Waals surface area contributed by atoms with E-state index in [4.69, 9.17) is 50.1 Å². The van der Waals surface area contributed by atoms with Crippen molar-refractivity contribution < 1.29 is 14.3 Å². The number of carbonyl (C=O) groups is 1. The number of nitrogens with zero attached hydrogens (tertiary/aromatic N) is 1. The second-order valence-corrected chi connectivity index (χ2v) is 4.39. The lowest BCUT2D eigenvalue weighted by molar-refractivity contribution is 0.0691. The molecule has 2 heterocycles. The van der Waals surface area contributed by atoms with Crippen LogP contribution in [0.2, 0.25) is 15.3 Å². The summed E-state index contributed by atoms with van der Waals surface area (Å²) in [5, 5.41) is 8.87. The van der Waals surface area contributed by atoms with Gasteiger partial charge in [-0.3, -0.25) is 0 Å². The summed E-state index contributed by atoms with van der Waals surface area (Å²) in [6, 6.07) is 2.97. The first-order valence-corrected chi connectivity index (χ1v) is 5.68. The molecule has 0 saturated carbocycles. The molecule has 0 radical (unpaired) electrons. The highest BCUT2D eigenvalue weighted by Gasteiger charge is 2.22. The Labute approximate surface area is 116 Å². The largest absolute Gasteiger partial charge is 0.476 e. The van der Waals surface area contributed by atoms with Crippen LogP contribution in [0.1, 0.15) is 10.5 Å². The highest BCUT2D eigenvalue weighted by atomic mass is 35.5. The summed E-state index contributed by atoms with van der Waals surface area (Å²) in [5.41, 5.74) is 5.22. The number of hydrogen-bond donors (Lipinski definition) is 2. The van der Waals surface area contributed by atoms with E-state index in [0.717, 1.165) is 0 Å². The van der Waals surface area contributed by atoms with Crippen LogP contribution in [0.4, 0.5) is 5.69 Å². The van der Waals surface area contributed by atoms with E-state index in [1.807, 2.05) is 0 Å². The summed E-state index contributed by atoms with van der Waals surface area (Å²) in [4.78, 5) is 14.8. The van der Waals surface area contributed by atoms with Crippen molar-refractivity contribution in [3.05, 3.63) is 33.1 Å². The number of carboxylic acid groups (broad SMARTS) is 1. The Morgan fingerprint density at radius 3 is 2.44 bits per heavy atom. The lowest BCUT2D eigenvalue weighted by Crippen LogP contribution is -2.06. The third kappa shape index (κ3) is 2.12. The van der Waals surface area contributed by atoms with Gasteiger partial charge in [-0.25, -0.2) is 9.78 Å². The highest BCUT2D eigenvalue weighted by molar-refractivity contribution is 6.41. The van der Waals surface area contributed by atoms with Crippen LogP contribution in [0, 0.1) is 0 Å². The Balaban J connectivity index is 2.72. The van der Waals surface area contributed by atoms with E-state index in [0.29, 0.717) is 0 Å². The van der Waals surface area contributed by atoms with Crippen molar-refractivity contribution >= 4 is 46.5 Å². The number of halogens is 3. The van der Waals surface area contributed by atoms with E-state index in [2.05, 4.69) is 4.98 Å². The molecule has 0 spiro atoms. The summed E-state index contributed by atoms with van der Waals surface area (Å²) < 4.78 is 5.11. The summed E-state index contributed by atoms with van der Waals surface area (Å²) in [5.74, 6) is -1.11. The molecule has 0 atom stereocenters. The molecule has 94 valence electrons. The van der Waals surface area contributed by atoms with Gasteiger partial charge in [0.1, 0.15) is 5.69 Å². The van der Waals surface area contributed by atoms with Crippen LogP contribution >= 0.6 is 34.8 Å². The molecule has 3 N–H and O–H groups in total. The zero-order valence-corrected chi connectivity index (χ0v) is 10.8. The minimum Gasteiger partial charge on any atom is -0.476 e. The summed E-state index contributed by atoms with van der Waals surface area (Å²) in [7, 11) is 0. The number of hydrogen-bond acceptors (Lipinski definition) is 4. The number of carboxylic acids is 1. The first-order chi connectivity index (χ1) is 8.41. The maximum Gasteiger partial charge on any atom is 0.356 e. The van der Waals surface area contributed by atoms with Crippen LogP contribution in [-0.2, 0) is 0 Å². The van der Waals surface area contributed by atoms with E-state index in [9.17, 15) is 4.79 Å². The molecular formula is C10H5Cl3N2O3. The topological polar surface area (TPSA) is 89.4 Å². The molecule has 0 bridgehead atoms. The number of nitrogens with two attached hydrogens (primary N) is 1. The molecule has 0 aromatic carbocycles. The van der Waals surface area contributed by atoms with Gasteiger partial charge in [0.25, 0.3) is 0 Å². The van der Waals surface area contributed by atoms with Gasteiger partial charge >= 0.3 is 5.97 Å². The molecule has 18 heavy (non-hydrogen) atoms. The fraction of sp³-hybridized carbons (Fsp3) is 0. The SMILES string of the molecule is Nc1c(Cl)c(C(=O)O)nc(-c2ccc(Cl)o2)c1Cl. The molecule has 0 aliphatic heterocycles. The van der Waals surface area contributed by atoms with Crippen molar-refractivity contribution in [2.75, 3.05) is 5.73 Å². The van der Waals surface area contributed by atoms with Gasteiger partial charge in [-0.2, -0.15) is 0 Å². The predicted molar refractivity (Wildman–Crippen MR) is 68.3 cm³/mol. The lowest BCUT2D eigenvalue weighted by Gasteiger charge is -2.08. The number of aromatic carboxylic acids is 1. The van der Waals surface area contributed by atoms with Crippen LogP contribution in [0.25, 0.3) is 11.5 Å². The quantitative estimate of drug-likeness (QED) is 0.885. The van der Waals surface area contributed by atoms with Gasteiger partial charge in [0.2, 0.25) is 0 Å². The van der Waals surface area contributed by atoms with Crippen LogP contribution in [0.3, 0.4) is 0 Å². The zero-order valence-electron chi connectivity index (χ0n) is 8.58. The number of rotatable bonds is 2. The molecule has 0 amide bonds. The van der Waals surface area contributed by atoms with Crippen molar-refractivity contribution in [2.45, 2.75) is 0 Å². The van der Waals surface area contributed by atoms with Gasteiger partial charge in [-0.15, -0.1) is 0 Å². The van der Waals surface area contributed by atoms with E-state index < -0.39 is 11.7 Å². The smallest absolute Gasteiger partial charge is 0.356 e. The van der Waals surface area contributed by atoms with Crippen molar-refractivity contribution in [1.82, 2.24) is 4.98 Å². The number of furan rings is 1. The average Bonchev–Trinajstić information content (AvgIpc) is 2.72. The number of anilines is 1. The van der Waals surface area contributed by atoms with Gasteiger partial charge in [0.05, 0.1) is 15.7 Å². The van der Waals surface area contributed by atoms with Gasteiger partial charge in [0, 0.05) is 0 Å². The lowest BCUT2D eigenvalue weighted by atomic mass is 10.2. The Kier molecular flexibility index (Phi) is 3.38. The van der Waals surface area contributed by atoms with Crippen LogP contribution in [0.15, 0.2) is 16.5 Å². The third-order valence-corrected chi connectivity index (χ3v) is 3.09. The normalized spacial score (nSPS) is 10.6. The first-order valence-electron chi connectivity index (χ1n) is 4.55. The van der Waals surface area contributed by atoms with Gasteiger partial charge < -0.3 is 15.3 Å². The van der Waals surface area contributed by atoms with Gasteiger partial charge in [-0.1, -0.05) is 23.2 Å². The molecule has 0 unspecified atom stereocenters. The molecule has 5 nitrogen and oxygen atoms in total. The molecule has 0 aliphatic rings. The van der Waals surface area contributed by atoms with Crippen molar-refractivity contribution in [1.29, 1.82) is 0 Å². The van der Waals surface area contributed by atoms with E-state index in [-0.39, 0.29) is 32.4 Å². The molecule has 8 heteroatoms. The van der Waals surface area contributed by atoms with E-state index >= 15 is 0 Å². The highest BCUT2D eigenvalue weighted by Crippen LogP contribution is 2.37. The monoisotopic (exact) mass is 306 g/mol. The Hall–Kier alpha value is -1.43. The van der Waals surface area contributed by atoms with Crippen molar-refractivity contribution in [3.63, 3.8) is 0 Å². The third-order valence-electron chi connectivity index (χ3n) is 2.12. The Bertz CT molecular complexity index is 640. The predicted octanol–water partition coefficient (Wildman–Crippen LogP) is 3.58. The fourth-order valence-corrected chi connectivity index (χ4v) is 1.95. The second kappa shape index (κ2) is 4.68. The van der Waals surface area contributed by atoms with E-state index in [1.54, 1.807) is 0 Å². The number of nitrogen functional groups attached to an aromatic ring is 1. The molecule has 0 fully saturated rings. The molecule has 2 aromatic heterocycles.